The van der Waals surface area contributed by atoms with Gasteiger partial charge in [-0.3, -0.25) is 9.59 Å². The summed E-state index contributed by atoms with van der Waals surface area (Å²) in [6.45, 7) is 3.08. The van der Waals surface area contributed by atoms with Crippen LogP contribution in [-0.4, -0.2) is 55.3 Å². The molecule has 1 aromatic carbocycles. The molecule has 1 heterocycles. The molecule has 1 atom stereocenters. The Morgan fingerprint density at radius 1 is 1.33 bits per heavy atom. The number of halogens is 1. The normalized spacial score (nSPS) is 15.3. The molecule has 30 heavy (non-hydrogen) atoms. The maximum absolute atomic E-state index is 12.5. The number of urea groups is 1. The van der Waals surface area contributed by atoms with Gasteiger partial charge in [-0.05, 0) is 30.5 Å². The molecule has 1 aliphatic heterocycles. The molecule has 1 fully saturated rings. The van der Waals surface area contributed by atoms with E-state index < -0.39 is 12.1 Å². The summed E-state index contributed by atoms with van der Waals surface area (Å²) in [5.74, 6) is 4.60. The molecule has 0 aromatic heterocycles. The first kappa shape index (κ1) is 27.1. The molecule has 0 radical (unpaired) electrons. The number of rotatable bonds is 9. The van der Waals surface area contributed by atoms with E-state index >= 15 is 0 Å². The van der Waals surface area contributed by atoms with Crippen molar-refractivity contribution in [3.8, 4) is 0 Å². The number of amides is 3. The number of carbonyl (C=O) groups excluding carboxylic acids is 3. The number of unbranched alkanes of at least 4 members (excludes halogenated alkanes) is 1. The number of nitrogens with zero attached hydrogens (tertiary/aromatic N) is 2. The van der Waals surface area contributed by atoms with Gasteiger partial charge in [0, 0.05) is 18.8 Å². The third kappa shape index (κ3) is 8.26. The van der Waals surface area contributed by atoms with E-state index in [1.54, 1.807) is 4.90 Å². The van der Waals surface area contributed by atoms with Crippen LogP contribution in [-0.2, 0) is 14.3 Å². The standard InChI is InChI=1S/C19H27N5O4.ClH.H2O/c1-2-3-12-28-17(25)8-10-21-19(27)23-16-9-11-24(18(16)26)15-6-4-14(5-7-15)13-22-20;;/h4-7,13,16H,2-3,8-12,20H2,1H3,(H2,21,23,27);1H;1H2/t16-;;/m0../s1. The molecule has 0 unspecified atom stereocenters. The van der Waals surface area contributed by atoms with E-state index in [0.29, 0.717) is 19.6 Å². The summed E-state index contributed by atoms with van der Waals surface area (Å²) < 4.78 is 5.01. The molecule has 168 valence electrons. The third-order valence-electron chi connectivity index (χ3n) is 4.31. The lowest BCUT2D eigenvalue weighted by Crippen LogP contribution is -2.46. The van der Waals surface area contributed by atoms with Crippen LogP contribution >= 0.6 is 12.4 Å². The summed E-state index contributed by atoms with van der Waals surface area (Å²) in [7, 11) is 0. The van der Waals surface area contributed by atoms with E-state index in [2.05, 4.69) is 15.7 Å². The minimum absolute atomic E-state index is 0. The fourth-order valence-electron chi connectivity index (χ4n) is 2.79. The van der Waals surface area contributed by atoms with Gasteiger partial charge in [0.15, 0.2) is 0 Å². The topological polar surface area (TPSA) is 158 Å². The first-order valence-electron chi connectivity index (χ1n) is 9.39. The Balaban J connectivity index is 0.00000420. The van der Waals surface area contributed by atoms with Crippen molar-refractivity contribution >= 4 is 42.2 Å². The molecule has 0 spiro atoms. The molecule has 0 aliphatic carbocycles. The first-order valence-corrected chi connectivity index (χ1v) is 9.39. The largest absolute Gasteiger partial charge is 0.466 e. The summed E-state index contributed by atoms with van der Waals surface area (Å²) in [5.41, 5.74) is 1.58. The van der Waals surface area contributed by atoms with E-state index in [-0.39, 0.29) is 42.7 Å². The van der Waals surface area contributed by atoms with Crippen LogP contribution in [0.25, 0.3) is 0 Å². The van der Waals surface area contributed by atoms with Crippen LogP contribution in [0.3, 0.4) is 0 Å². The van der Waals surface area contributed by atoms with Crippen molar-refractivity contribution < 1.29 is 24.6 Å². The van der Waals surface area contributed by atoms with Crippen molar-refractivity contribution in [3.05, 3.63) is 29.8 Å². The molecule has 1 saturated heterocycles. The third-order valence-corrected chi connectivity index (χ3v) is 4.31. The van der Waals surface area contributed by atoms with Crippen LogP contribution < -0.4 is 21.4 Å². The van der Waals surface area contributed by atoms with Crippen molar-refractivity contribution in [3.63, 3.8) is 0 Å². The highest BCUT2D eigenvalue weighted by molar-refractivity contribution is 6.01. The molecule has 2 rings (SSSR count). The van der Waals surface area contributed by atoms with Crippen LogP contribution in [0, 0.1) is 0 Å². The average Bonchev–Trinajstić information content (AvgIpc) is 3.03. The Kier molecular flexibility index (Phi) is 12.8. The van der Waals surface area contributed by atoms with E-state index in [1.807, 2.05) is 31.2 Å². The zero-order valence-corrected chi connectivity index (χ0v) is 17.7. The first-order chi connectivity index (χ1) is 13.5. The quantitative estimate of drug-likeness (QED) is 0.168. The van der Waals surface area contributed by atoms with Crippen molar-refractivity contribution in [1.82, 2.24) is 10.6 Å². The highest BCUT2D eigenvalue weighted by atomic mass is 35.5. The summed E-state index contributed by atoms with van der Waals surface area (Å²) in [5, 5.41) is 8.69. The molecule has 0 saturated carbocycles. The fourth-order valence-corrected chi connectivity index (χ4v) is 2.79. The van der Waals surface area contributed by atoms with Gasteiger partial charge < -0.3 is 31.6 Å². The number of benzene rings is 1. The summed E-state index contributed by atoms with van der Waals surface area (Å²) >= 11 is 0. The second-order valence-electron chi connectivity index (χ2n) is 6.43. The zero-order chi connectivity index (χ0) is 20.4. The lowest BCUT2D eigenvalue weighted by Gasteiger charge is -2.17. The maximum Gasteiger partial charge on any atom is 0.315 e. The monoisotopic (exact) mass is 443 g/mol. The molecule has 6 N–H and O–H groups in total. The predicted octanol–water partition coefficient (Wildman–Crippen LogP) is 0.714. The lowest BCUT2D eigenvalue weighted by atomic mass is 10.2. The van der Waals surface area contributed by atoms with Crippen molar-refractivity contribution in [2.24, 2.45) is 10.9 Å². The number of nitrogens with one attached hydrogen (secondary N) is 2. The summed E-state index contributed by atoms with van der Waals surface area (Å²) in [6.07, 6.45) is 3.90. The van der Waals surface area contributed by atoms with E-state index in [4.69, 9.17) is 10.6 Å². The number of hydrogen-bond acceptors (Lipinski definition) is 6. The van der Waals surface area contributed by atoms with Gasteiger partial charge in [0.1, 0.15) is 6.04 Å². The van der Waals surface area contributed by atoms with Gasteiger partial charge in [0.05, 0.1) is 19.2 Å². The van der Waals surface area contributed by atoms with Gasteiger partial charge in [0.2, 0.25) is 5.91 Å². The molecule has 10 nitrogen and oxygen atoms in total. The molecule has 1 aliphatic rings. The van der Waals surface area contributed by atoms with Crippen LogP contribution in [0.5, 0.6) is 0 Å². The Morgan fingerprint density at radius 2 is 2.03 bits per heavy atom. The van der Waals surface area contributed by atoms with Gasteiger partial charge in [-0.1, -0.05) is 25.5 Å². The minimum atomic E-state index is -0.596. The van der Waals surface area contributed by atoms with Crippen LogP contribution in [0.2, 0.25) is 0 Å². The second-order valence-corrected chi connectivity index (χ2v) is 6.43. The summed E-state index contributed by atoms with van der Waals surface area (Å²) in [4.78, 5) is 37.6. The van der Waals surface area contributed by atoms with Crippen molar-refractivity contribution in [1.29, 1.82) is 0 Å². The van der Waals surface area contributed by atoms with Gasteiger partial charge >= 0.3 is 12.0 Å². The molecule has 3 amide bonds. The molecule has 0 bridgehead atoms. The van der Waals surface area contributed by atoms with Crippen molar-refractivity contribution in [2.75, 3.05) is 24.6 Å². The number of esters is 1. The Morgan fingerprint density at radius 3 is 2.67 bits per heavy atom. The molecular formula is C19H30ClN5O5. The minimum Gasteiger partial charge on any atom is -0.466 e. The SMILES string of the molecule is CCCCOC(=O)CCNC(=O)N[C@H]1CCN(c2ccc(C=NN)cc2)C1=O.Cl.O. The highest BCUT2D eigenvalue weighted by Gasteiger charge is 2.33. The van der Waals surface area contributed by atoms with Gasteiger partial charge in [-0.25, -0.2) is 4.79 Å². The number of ether oxygens (including phenoxy) is 1. The molecule has 1 aromatic rings. The van der Waals surface area contributed by atoms with E-state index in [0.717, 1.165) is 24.1 Å². The number of hydrazone groups is 1. The maximum atomic E-state index is 12.5. The van der Waals surface area contributed by atoms with E-state index in [1.165, 1.54) is 6.21 Å². The van der Waals surface area contributed by atoms with Crippen molar-refractivity contribution in [2.45, 2.75) is 38.6 Å². The second kappa shape index (κ2) is 14.2. The van der Waals surface area contributed by atoms with Crippen LogP contribution in [0.4, 0.5) is 10.5 Å². The lowest BCUT2D eigenvalue weighted by molar-refractivity contribution is -0.143. The van der Waals surface area contributed by atoms with Crippen LogP contribution in [0.1, 0.15) is 38.2 Å². The summed E-state index contributed by atoms with van der Waals surface area (Å²) in [6, 6.07) is 6.17. The average molecular weight is 444 g/mol. The number of nitrogens with two attached hydrogens (primary N) is 1. The number of hydrogen-bond donors (Lipinski definition) is 3. The fraction of sp³-hybridized carbons (Fsp3) is 0.474. The van der Waals surface area contributed by atoms with E-state index in [9.17, 15) is 14.4 Å². The Labute approximate surface area is 181 Å². The number of anilines is 1. The number of carbonyl (C=O) groups is 3. The molecule has 11 heteroatoms. The zero-order valence-electron chi connectivity index (χ0n) is 16.9. The Hall–Kier alpha value is -2.85. The molecular weight excluding hydrogens is 414 g/mol. The van der Waals surface area contributed by atoms with Gasteiger partial charge in [0.25, 0.3) is 0 Å². The smallest absolute Gasteiger partial charge is 0.315 e. The van der Waals surface area contributed by atoms with Crippen LogP contribution in [0.15, 0.2) is 29.4 Å². The Bertz CT molecular complexity index is 714. The highest BCUT2D eigenvalue weighted by Crippen LogP contribution is 2.21. The predicted molar refractivity (Wildman–Crippen MR) is 117 cm³/mol. The van der Waals surface area contributed by atoms with Gasteiger partial charge in [-0.15, -0.1) is 12.4 Å². The van der Waals surface area contributed by atoms with Gasteiger partial charge in [-0.2, -0.15) is 5.10 Å².